The third-order valence-corrected chi connectivity index (χ3v) is 4.19. The molecule has 2 rings (SSSR count). The lowest BCUT2D eigenvalue weighted by molar-refractivity contribution is 0.00920. The molecule has 0 amide bonds. The fraction of sp³-hybridized carbons (Fsp3) is 1.00. The van der Waals surface area contributed by atoms with Crippen LogP contribution in [0.5, 0.6) is 0 Å². The quantitative estimate of drug-likeness (QED) is 0.789. The summed E-state index contributed by atoms with van der Waals surface area (Å²) < 4.78 is 5.46. The van der Waals surface area contributed by atoms with Crippen LogP contribution in [0.2, 0.25) is 0 Å². The summed E-state index contributed by atoms with van der Waals surface area (Å²) in [5.74, 6) is 0.871. The molecule has 0 aromatic carbocycles. The molecule has 2 heterocycles. The third kappa shape index (κ3) is 3.19. The molecule has 0 aromatic rings. The van der Waals surface area contributed by atoms with E-state index in [0.717, 1.165) is 5.92 Å². The number of nitrogens with zero attached hydrogens (tertiary/aromatic N) is 1. The second-order valence-corrected chi connectivity index (χ2v) is 5.44. The Morgan fingerprint density at radius 2 is 2.25 bits per heavy atom. The second kappa shape index (κ2) is 5.99. The topological polar surface area (TPSA) is 24.5 Å². The molecule has 3 atom stereocenters. The van der Waals surface area contributed by atoms with Gasteiger partial charge in [0.05, 0.1) is 6.10 Å². The summed E-state index contributed by atoms with van der Waals surface area (Å²) in [6, 6.07) is 0.695. The first-order chi connectivity index (χ1) is 7.79. The molecule has 0 saturated carbocycles. The maximum absolute atomic E-state index is 5.46. The van der Waals surface area contributed by atoms with Crippen molar-refractivity contribution in [2.24, 2.45) is 5.92 Å². The molecule has 2 fully saturated rings. The lowest BCUT2D eigenvalue weighted by Crippen LogP contribution is -2.47. The SMILES string of the molecule is COC1CCN(CC2CCCNC2)C(C)C1. The maximum atomic E-state index is 5.46. The first-order valence-electron chi connectivity index (χ1n) is 6.77. The Labute approximate surface area is 99.5 Å². The summed E-state index contributed by atoms with van der Waals surface area (Å²) >= 11 is 0. The van der Waals surface area contributed by atoms with Gasteiger partial charge >= 0.3 is 0 Å². The van der Waals surface area contributed by atoms with Crippen molar-refractivity contribution in [2.75, 3.05) is 33.3 Å². The van der Waals surface area contributed by atoms with Gasteiger partial charge in [-0.2, -0.15) is 0 Å². The Morgan fingerprint density at radius 3 is 2.88 bits per heavy atom. The zero-order valence-electron chi connectivity index (χ0n) is 10.7. The summed E-state index contributed by atoms with van der Waals surface area (Å²) in [6.07, 6.45) is 5.67. The van der Waals surface area contributed by atoms with Gasteiger partial charge in [0.2, 0.25) is 0 Å². The van der Waals surface area contributed by atoms with Gasteiger partial charge in [0, 0.05) is 26.2 Å². The summed E-state index contributed by atoms with van der Waals surface area (Å²) in [6.45, 7) is 7.29. The van der Waals surface area contributed by atoms with E-state index in [0.29, 0.717) is 12.1 Å². The highest BCUT2D eigenvalue weighted by atomic mass is 16.5. The molecular weight excluding hydrogens is 200 g/mol. The van der Waals surface area contributed by atoms with Crippen LogP contribution in [0.3, 0.4) is 0 Å². The summed E-state index contributed by atoms with van der Waals surface area (Å²) in [7, 11) is 1.85. The summed E-state index contributed by atoms with van der Waals surface area (Å²) in [5, 5.41) is 3.51. The number of methoxy groups -OCH3 is 1. The number of piperidine rings is 2. The van der Waals surface area contributed by atoms with Gasteiger partial charge in [-0.1, -0.05) is 0 Å². The van der Waals surface area contributed by atoms with Gasteiger partial charge in [-0.05, 0) is 51.6 Å². The third-order valence-electron chi connectivity index (χ3n) is 4.19. The normalized spacial score (nSPS) is 37.5. The lowest BCUT2D eigenvalue weighted by atomic mass is 9.95. The summed E-state index contributed by atoms with van der Waals surface area (Å²) in [5.41, 5.74) is 0. The van der Waals surface area contributed by atoms with E-state index in [-0.39, 0.29) is 0 Å². The Morgan fingerprint density at radius 1 is 1.38 bits per heavy atom. The molecule has 94 valence electrons. The molecule has 0 aromatic heterocycles. The van der Waals surface area contributed by atoms with E-state index in [1.807, 2.05) is 7.11 Å². The van der Waals surface area contributed by atoms with Crippen LogP contribution in [0.25, 0.3) is 0 Å². The minimum Gasteiger partial charge on any atom is -0.381 e. The Kier molecular flexibility index (Phi) is 4.62. The van der Waals surface area contributed by atoms with Gasteiger partial charge in [0.1, 0.15) is 0 Å². The molecule has 0 aliphatic carbocycles. The molecule has 2 aliphatic rings. The van der Waals surface area contributed by atoms with E-state index in [1.165, 1.54) is 51.9 Å². The second-order valence-electron chi connectivity index (χ2n) is 5.44. The number of rotatable bonds is 3. The molecule has 2 aliphatic heterocycles. The van der Waals surface area contributed by atoms with Crippen molar-refractivity contribution >= 4 is 0 Å². The highest BCUT2D eigenvalue weighted by molar-refractivity contribution is 4.82. The number of nitrogens with one attached hydrogen (secondary N) is 1. The van der Waals surface area contributed by atoms with Crippen molar-refractivity contribution in [1.82, 2.24) is 10.2 Å². The molecule has 0 radical (unpaired) electrons. The van der Waals surface area contributed by atoms with Crippen molar-refractivity contribution in [3.05, 3.63) is 0 Å². The van der Waals surface area contributed by atoms with Crippen LogP contribution in [0.1, 0.15) is 32.6 Å². The molecular formula is C13H26N2O. The average Bonchev–Trinajstić information content (AvgIpc) is 2.33. The monoisotopic (exact) mass is 226 g/mol. The van der Waals surface area contributed by atoms with Crippen LogP contribution >= 0.6 is 0 Å². The van der Waals surface area contributed by atoms with Crippen LogP contribution in [-0.2, 0) is 4.74 Å². The fourth-order valence-corrected chi connectivity index (χ4v) is 3.07. The molecule has 3 heteroatoms. The van der Waals surface area contributed by atoms with E-state index in [9.17, 15) is 0 Å². The minimum atomic E-state index is 0.496. The molecule has 0 spiro atoms. The van der Waals surface area contributed by atoms with Crippen LogP contribution < -0.4 is 5.32 Å². The molecule has 16 heavy (non-hydrogen) atoms. The number of hydrogen-bond donors (Lipinski definition) is 1. The van der Waals surface area contributed by atoms with E-state index in [2.05, 4.69) is 17.1 Å². The van der Waals surface area contributed by atoms with Gasteiger partial charge in [-0.3, -0.25) is 0 Å². The Bertz CT molecular complexity index is 204. The smallest absolute Gasteiger partial charge is 0.0598 e. The van der Waals surface area contributed by atoms with E-state index < -0.39 is 0 Å². The minimum absolute atomic E-state index is 0.496. The zero-order chi connectivity index (χ0) is 11.4. The fourth-order valence-electron chi connectivity index (χ4n) is 3.07. The predicted molar refractivity (Wildman–Crippen MR) is 66.7 cm³/mol. The van der Waals surface area contributed by atoms with Gasteiger partial charge in [0.15, 0.2) is 0 Å². The standard InChI is InChI=1S/C13H26N2O/c1-11-8-13(16-2)5-7-15(11)10-12-4-3-6-14-9-12/h11-14H,3-10H2,1-2H3. The van der Waals surface area contributed by atoms with Crippen LogP contribution in [0.4, 0.5) is 0 Å². The molecule has 2 saturated heterocycles. The van der Waals surface area contributed by atoms with Crippen molar-refractivity contribution in [1.29, 1.82) is 0 Å². The van der Waals surface area contributed by atoms with Crippen molar-refractivity contribution in [3.8, 4) is 0 Å². The van der Waals surface area contributed by atoms with Crippen LogP contribution in [0.15, 0.2) is 0 Å². The first kappa shape index (κ1) is 12.3. The molecule has 1 N–H and O–H groups in total. The number of likely N-dealkylation sites (tertiary alicyclic amines) is 1. The average molecular weight is 226 g/mol. The number of hydrogen-bond acceptors (Lipinski definition) is 3. The van der Waals surface area contributed by atoms with E-state index in [1.54, 1.807) is 0 Å². The predicted octanol–water partition coefficient (Wildman–Crippen LogP) is 1.49. The highest BCUT2D eigenvalue weighted by Gasteiger charge is 2.27. The maximum Gasteiger partial charge on any atom is 0.0598 e. The van der Waals surface area contributed by atoms with Crippen molar-refractivity contribution in [2.45, 2.75) is 44.8 Å². The molecule has 3 unspecified atom stereocenters. The van der Waals surface area contributed by atoms with E-state index >= 15 is 0 Å². The zero-order valence-corrected chi connectivity index (χ0v) is 10.7. The molecule has 3 nitrogen and oxygen atoms in total. The lowest BCUT2D eigenvalue weighted by Gasteiger charge is -2.39. The number of ether oxygens (including phenoxy) is 1. The molecule has 0 bridgehead atoms. The van der Waals surface area contributed by atoms with E-state index in [4.69, 9.17) is 4.74 Å². The largest absolute Gasteiger partial charge is 0.381 e. The van der Waals surface area contributed by atoms with Crippen LogP contribution in [0, 0.1) is 5.92 Å². The van der Waals surface area contributed by atoms with Crippen LogP contribution in [-0.4, -0.2) is 50.3 Å². The van der Waals surface area contributed by atoms with Gasteiger partial charge < -0.3 is 15.0 Å². The Hall–Kier alpha value is -0.120. The van der Waals surface area contributed by atoms with Crippen molar-refractivity contribution < 1.29 is 4.74 Å². The van der Waals surface area contributed by atoms with Gasteiger partial charge in [-0.15, -0.1) is 0 Å². The summed E-state index contributed by atoms with van der Waals surface area (Å²) in [4.78, 5) is 2.66. The first-order valence-corrected chi connectivity index (χ1v) is 6.77. The highest BCUT2D eigenvalue weighted by Crippen LogP contribution is 2.22. The van der Waals surface area contributed by atoms with Crippen molar-refractivity contribution in [3.63, 3.8) is 0 Å². The van der Waals surface area contributed by atoms with Gasteiger partial charge in [0.25, 0.3) is 0 Å². The van der Waals surface area contributed by atoms with Gasteiger partial charge in [-0.25, -0.2) is 0 Å². The Balaban J connectivity index is 1.76.